The van der Waals surface area contributed by atoms with Gasteiger partial charge in [-0.05, 0) is 25.0 Å². The summed E-state index contributed by atoms with van der Waals surface area (Å²) in [5, 5.41) is 6.70. The van der Waals surface area contributed by atoms with Gasteiger partial charge in [0.25, 0.3) is 0 Å². The van der Waals surface area contributed by atoms with E-state index in [0.717, 1.165) is 24.2 Å². The Balaban J connectivity index is 1.40. The van der Waals surface area contributed by atoms with Crippen LogP contribution in [-0.4, -0.2) is 35.2 Å². The normalized spacial score (nSPS) is 17.9. The fourth-order valence-corrected chi connectivity index (χ4v) is 4.58. The van der Waals surface area contributed by atoms with Crippen molar-refractivity contribution in [1.82, 2.24) is 15.3 Å². The van der Waals surface area contributed by atoms with Crippen LogP contribution in [0.3, 0.4) is 0 Å². The number of rotatable bonds is 4. The number of urea groups is 1. The molecule has 2 aliphatic rings. The summed E-state index contributed by atoms with van der Waals surface area (Å²) in [7, 11) is 0. The number of nitrogens with zero attached hydrogens (tertiary/aromatic N) is 3. The number of carbonyl (C=O) groups is 2. The second kappa shape index (κ2) is 8.48. The van der Waals surface area contributed by atoms with E-state index in [1.54, 1.807) is 24.3 Å². The number of para-hydroxylation sites is 2. The first kappa shape index (κ1) is 20.8. The van der Waals surface area contributed by atoms with Crippen molar-refractivity contribution in [1.29, 1.82) is 0 Å². The molecular formula is C21H19Cl2N5O4. The maximum absolute atomic E-state index is 12.9. The fraction of sp³-hybridized carbons (Fsp3) is 0.333. The van der Waals surface area contributed by atoms with Gasteiger partial charge in [0.15, 0.2) is 0 Å². The van der Waals surface area contributed by atoms with E-state index in [2.05, 4.69) is 20.6 Å². The van der Waals surface area contributed by atoms with E-state index in [1.165, 1.54) is 4.90 Å². The van der Waals surface area contributed by atoms with E-state index in [-0.39, 0.29) is 17.1 Å². The number of benzene rings is 1. The summed E-state index contributed by atoms with van der Waals surface area (Å²) in [6.45, 7) is 0.737. The number of halogens is 2. The fourth-order valence-electron chi connectivity index (χ4n) is 4.18. The molecule has 1 saturated heterocycles. The summed E-state index contributed by atoms with van der Waals surface area (Å²) in [6.07, 6.45) is 1.83. The minimum atomic E-state index is -0.438. The van der Waals surface area contributed by atoms with Crippen molar-refractivity contribution in [3.8, 4) is 0 Å². The molecule has 0 bridgehead atoms. The smallest absolute Gasteiger partial charge is 0.414 e. The van der Waals surface area contributed by atoms with Gasteiger partial charge in [-0.15, -0.1) is 11.6 Å². The second-order valence-electron chi connectivity index (χ2n) is 7.51. The largest absolute Gasteiger partial charge is 0.447 e. The monoisotopic (exact) mass is 475 g/mol. The van der Waals surface area contributed by atoms with Crippen molar-refractivity contribution in [2.45, 2.75) is 31.2 Å². The Hall–Kier alpha value is -3.04. The number of alkyl halides is 1. The summed E-state index contributed by atoms with van der Waals surface area (Å²) in [4.78, 5) is 34.9. The van der Waals surface area contributed by atoms with Gasteiger partial charge in [-0.3, -0.25) is 4.90 Å². The molecule has 1 aromatic carbocycles. The Kier molecular flexibility index (Phi) is 5.52. The van der Waals surface area contributed by atoms with Crippen LogP contribution < -0.4 is 15.5 Å². The molecule has 0 spiro atoms. The number of ether oxygens (including phenoxy) is 1. The quantitative estimate of drug-likeness (QED) is 0.415. The standard InChI is InChI=1S/C21H19Cl2N5O4/c22-10-15-26-18(23)17-16-12(5-3-7-14(16)32-19(17)27-15)25-20(29)24-11-4-1-2-6-13(11)28-8-9-31-21(28)30/h1-2,4,6,12H,3,5,7-10H2,(H2,24,25,29). The van der Waals surface area contributed by atoms with Crippen molar-refractivity contribution >= 4 is 57.8 Å². The molecule has 3 aromatic rings. The van der Waals surface area contributed by atoms with Gasteiger partial charge in [-0.25, -0.2) is 14.6 Å². The van der Waals surface area contributed by atoms with Gasteiger partial charge >= 0.3 is 12.1 Å². The molecule has 32 heavy (non-hydrogen) atoms. The molecule has 1 atom stereocenters. The third-order valence-electron chi connectivity index (χ3n) is 5.54. The zero-order valence-electron chi connectivity index (χ0n) is 16.9. The molecule has 1 aliphatic carbocycles. The molecular weight excluding hydrogens is 457 g/mol. The average molecular weight is 476 g/mol. The lowest BCUT2D eigenvalue weighted by molar-refractivity contribution is 0.181. The molecule has 3 heterocycles. The summed E-state index contributed by atoms with van der Waals surface area (Å²) in [5.41, 5.74) is 2.25. The van der Waals surface area contributed by atoms with Crippen LogP contribution in [0, 0.1) is 0 Å². The van der Waals surface area contributed by atoms with E-state index in [0.29, 0.717) is 47.9 Å². The van der Waals surface area contributed by atoms with E-state index >= 15 is 0 Å². The Bertz CT molecular complexity index is 1210. The average Bonchev–Trinajstić information content (AvgIpc) is 3.38. The highest BCUT2D eigenvalue weighted by Crippen LogP contribution is 2.40. The van der Waals surface area contributed by atoms with Gasteiger partial charge in [-0.2, -0.15) is 4.98 Å². The van der Waals surface area contributed by atoms with Crippen LogP contribution in [0.1, 0.15) is 36.0 Å². The van der Waals surface area contributed by atoms with Gasteiger partial charge in [0.1, 0.15) is 23.3 Å². The number of cyclic esters (lactones) is 1. The minimum absolute atomic E-state index is 0.120. The summed E-state index contributed by atoms with van der Waals surface area (Å²) >= 11 is 12.3. The number of furan rings is 1. The Morgan fingerprint density at radius 2 is 2.12 bits per heavy atom. The zero-order chi connectivity index (χ0) is 22.2. The molecule has 166 valence electrons. The van der Waals surface area contributed by atoms with Crippen molar-refractivity contribution in [3.63, 3.8) is 0 Å². The number of nitrogens with one attached hydrogen (secondary N) is 2. The first-order chi connectivity index (χ1) is 15.5. The van der Waals surface area contributed by atoms with E-state index in [9.17, 15) is 9.59 Å². The minimum Gasteiger partial charge on any atom is -0.447 e. The molecule has 1 aliphatic heterocycles. The molecule has 11 heteroatoms. The third kappa shape index (κ3) is 3.71. The number of aryl methyl sites for hydroxylation is 1. The highest BCUT2D eigenvalue weighted by molar-refractivity contribution is 6.34. The van der Waals surface area contributed by atoms with Crippen LogP contribution in [0.2, 0.25) is 5.15 Å². The van der Waals surface area contributed by atoms with Gasteiger partial charge < -0.3 is 19.8 Å². The highest BCUT2D eigenvalue weighted by Gasteiger charge is 2.31. The third-order valence-corrected chi connectivity index (χ3v) is 6.05. The van der Waals surface area contributed by atoms with Crippen LogP contribution in [0.15, 0.2) is 28.7 Å². The maximum Gasteiger partial charge on any atom is 0.414 e. The molecule has 1 unspecified atom stereocenters. The van der Waals surface area contributed by atoms with Crippen LogP contribution in [0.25, 0.3) is 11.1 Å². The molecule has 2 aromatic heterocycles. The molecule has 9 nitrogen and oxygen atoms in total. The number of anilines is 2. The molecule has 1 fully saturated rings. The Morgan fingerprint density at radius 1 is 1.28 bits per heavy atom. The molecule has 0 radical (unpaired) electrons. The predicted molar refractivity (Wildman–Crippen MR) is 119 cm³/mol. The van der Waals surface area contributed by atoms with Gasteiger partial charge in [-0.1, -0.05) is 23.7 Å². The number of hydrogen-bond acceptors (Lipinski definition) is 6. The first-order valence-corrected chi connectivity index (χ1v) is 11.1. The number of carbonyl (C=O) groups excluding carboxylic acids is 2. The molecule has 5 rings (SSSR count). The molecule has 2 N–H and O–H groups in total. The Labute approximate surface area is 193 Å². The Morgan fingerprint density at radius 3 is 2.91 bits per heavy atom. The second-order valence-corrected chi connectivity index (χ2v) is 8.14. The van der Waals surface area contributed by atoms with Crippen LogP contribution in [0.4, 0.5) is 21.0 Å². The van der Waals surface area contributed by atoms with Crippen LogP contribution >= 0.6 is 23.2 Å². The van der Waals surface area contributed by atoms with Crippen molar-refractivity contribution in [3.05, 3.63) is 46.6 Å². The summed E-state index contributed by atoms with van der Waals surface area (Å²) < 4.78 is 10.9. The van der Waals surface area contributed by atoms with E-state index in [4.69, 9.17) is 32.4 Å². The zero-order valence-corrected chi connectivity index (χ0v) is 18.4. The lowest BCUT2D eigenvalue weighted by Crippen LogP contribution is -2.35. The maximum atomic E-state index is 12.9. The van der Waals surface area contributed by atoms with E-state index < -0.39 is 12.1 Å². The number of amides is 3. The topological polar surface area (TPSA) is 110 Å². The predicted octanol–water partition coefficient (Wildman–Crippen LogP) is 4.77. The number of hydrogen-bond donors (Lipinski definition) is 2. The molecule has 0 saturated carbocycles. The lowest BCUT2D eigenvalue weighted by Gasteiger charge is -2.24. The lowest BCUT2D eigenvalue weighted by atomic mass is 9.92. The van der Waals surface area contributed by atoms with Crippen LogP contribution in [0.5, 0.6) is 0 Å². The number of aromatic nitrogens is 2. The van der Waals surface area contributed by atoms with Gasteiger partial charge in [0, 0.05) is 12.0 Å². The van der Waals surface area contributed by atoms with Gasteiger partial charge in [0.2, 0.25) is 5.71 Å². The van der Waals surface area contributed by atoms with Gasteiger partial charge in [0.05, 0.1) is 35.2 Å². The molecule has 3 amide bonds. The van der Waals surface area contributed by atoms with Crippen molar-refractivity contribution in [2.75, 3.05) is 23.4 Å². The number of fused-ring (bicyclic) bond motifs is 3. The van der Waals surface area contributed by atoms with Crippen LogP contribution in [-0.2, 0) is 17.0 Å². The SMILES string of the molecule is O=C(Nc1ccccc1N1CCOC1=O)NC1CCCc2oc3nc(CCl)nc(Cl)c3c21. The summed E-state index contributed by atoms with van der Waals surface area (Å²) in [5.74, 6) is 1.24. The summed E-state index contributed by atoms with van der Waals surface area (Å²) in [6, 6.07) is 6.34. The van der Waals surface area contributed by atoms with Crippen molar-refractivity contribution in [2.24, 2.45) is 0 Å². The first-order valence-electron chi connectivity index (χ1n) is 10.2. The van der Waals surface area contributed by atoms with E-state index in [1.807, 2.05) is 0 Å². The highest BCUT2D eigenvalue weighted by atomic mass is 35.5. The van der Waals surface area contributed by atoms with Crippen molar-refractivity contribution < 1.29 is 18.7 Å².